The van der Waals surface area contributed by atoms with E-state index in [1.54, 1.807) is 13.8 Å². The van der Waals surface area contributed by atoms with Crippen LogP contribution >= 0.6 is 0 Å². The maximum Gasteiger partial charge on any atom is 0.330 e. The van der Waals surface area contributed by atoms with E-state index in [9.17, 15) is 9.59 Å². The number of carbonyl (C=O) groups is 2. The van der Waals surface area contributed by atoms with Crippen molar-refractivity contribution < 1.29 is 19.1 Å². The molecule has 0 rings (SSSR count). The summed E-state index contributed by atoms with van der Waals surface area (Å²) >= 11 is 0. The molecule has 0 radical (unpaired) electrons. The minimum absolute atomic E-state index is 0.0200. The van der Waals surface area contributed by atoms with Gasteiger partial charge in [-0.15, -0.1) is 0 Å². The van der Waals surface area contributed by atoms with E-state index in [-0.39, 0.29) is 18.5 Å². The van der Waals surface area contributed by atoms with Crippen LogP contribution in [0.2, 0.25) is 0 Å². The van der Waals surface area contributed by atoms with Gasteiger partial charge in [0.05, 0.1) is 19.8 Å². The number of carbonyl (C=O) groups excluding carboxylic acids is 2. The van der Waals surface area contributed by atoms with E-state index in [1.807, 2.05) is 0 Å². The molecule has 0 unspecified atom stereocenters. The molecule has 0 amide bonds. The number of esters is 2. The van der Waals surface area contributed by atoms with Crippen molar-refractivity contribution in [3.63, 3.8) is 0 Å². The summed E-state index contributed by atoms with van der Waals surface area (Å²) < 4.78 is 8.86. The van der Waals surface area contributed by atoms with Gasteiger partial charge in [0.25, 0.3) is 0 Å². The Bertz CT molecular complexity index is 180. The maximum absolute atomic E-state index is 10.1. The molecule has 0 saturated carbocycles. The van der Waals surface area contributed by atoms with Gasteiger partial charge in [-0.05, 0) is 13.8 Å². The van der Waals surface area contributed by atoms with Gasteiger partial charge < -0.3 is 15.2 Å². The standard InChI is InChI=1S/C5H8O2.C4H9NO2/c1-3-5(6)7-4-2;1-2-7-4(6)3-5/h3H,1,4H2,2H3;2-3,5H2,1H3. The van der Waals surface area contributed by atoms with Crippen molar-refractivity contribution in [1.29, 1.82) is 0 Å². The van der Waals surface area contributed by atoms with E-state index < -0.39 is 0 Å². The average Bonchev–Trinajstić information content (AvgIpc) is 2.19. The van der Waals surface area contributed by atoms with Crippen LogP contribution in [0.4, 0.5) is 0 Å². The number of nitrogens with two attached hydrogens (primary N) is 1. The van der Waals surface area contributed by atoms with Gasteiger partial charge in [0.15, 0.2) is 0 Å². The second-order valence-corrected chi connectivity index (χ2v) is 1.97. The molecule has 0 fully saturated rings. The second kappa shape index (κ2) is 11.6. The third kappa shape index (κ3) is 13.2. The lowest BCUT2D eigenvalue weighted by atomic mass is 10.6. The summed E-state index contributed by atoms with van der Waals surface area (Å²) in [7, 11) is 0. The van der Waals surface area contributed by atoms with Crippen molar-refractivity contribution in [2.75, 3.05) is 19.8 Å². The molecule has 5 nitrogen and oxygen atoms in total. The van der Waals surface area contributed by atoms with Gasteiger partial charge in [-0.25, -0.2) is 4.79 Å². The predicted octanol–water partition coefficient (Wildman–Crippen LogP) is 0.244. The molecule has 82 valence electrons. The topological polar surface area (TPSA) is 78.6 Å². The molecule has 0 aliphatic rings. The molecule has 2 N–H and O–H groups in total. The molecule has 14 heavy (non-hydrogen) atoms. The van der Waals surface area contributed by atoms with Gasteiger partial charge in [-0.2, -0.15) is 0 Å². The molecule has 0 saturated heterocycles. The summed E-state index contributed by atoms with van der Waals surface area (Å²) in [5, 5.41) is 0. The fraction of sp³-hybridized carbons (Fsp3) is 0.556. The maximum atomic E-state index is 10.1. The second-order valence-electron chi connectivity index (χ2n) is 1.97. The van der Waals surface area contributed by atoms with Crippen LogP contribution in [0.3, 0.4) is 0 Å². The van der Waals surface area contributed by atoms with E-state index in [4.69, 9.17) is 5.73 Å². The highest BCUT2D eigenvalue weighted by atomic mass is 16.5. The molecule has 5 heteroatoms. The number of hydrogen-bond donors (Lipinski definition) is 1. The Morgan fingerprint density at radius 2 is 1.79 bits per heavy atom. The van der Waals surface area contributed by atoms with Gasteiger partial charge in [-0.1, -0.05) is 6.58 Å². The summed E-state index contributed by atoms with van der Waals surface area (Å²) in [5.74, 6) is -0.704. The molecule has 0 aliphatic carbocycles. The van der Waals surface area contributed by atoms with Crippen LogP contribution in [0.5, 0.6) is 0 Å². The Kier molecular flexibility index (Phi) is 12.6. The zero-order valence-electron chi connectivity index (χ0n) is 8.62. The van der Waals surface area contributed by atoms with E-state index in [1.165, 1.54) is 0 Å². The average molecular weight is 203 g/mol. The van der Waals surface area contributed by atoms with Crippen LogP contribution in [0.25, 0.3) is 0 Å². The first-order valence-corrected chi connectivity index (χ1v) is 4.27. The SMILES string of the molecule is C=CC(=O)OCC.CCOC(=O)CN. The Labute approximate surface area is 83.9 Å². The van der Waals surface area contributed by atoms with E-state index in [2.05, 4.69) is 16.1 Å². The zero-order chi connectivity index (χ0) is 11.4. The van der Waals surface area contributed by atoms with Crippen LogP contribution < -0.4 is 5.73 Å². The van der Waals surface area contributed by atoms with E-state index >= 15 is 0 Å². The predicted molar refractivity (Wildman–Crippen MR) is 52.5 cm³/mol. The first-order valence-electron chi connectivity index (χ1n) is 4.27. The van der Waals surface area contributed by atoms with Crippen LogP contribution in [0.1, 0.15) is 13.8 Å². The third-order valence-electron chi connectivity index (χ3n) is 0.925. The van der Waals surface area contributed by atoms with Crippen molar-refractivity contribution in [2.24, 2.45) is 5.73 Å². The van der Waals surface area contributed by atoms with E-state index in [0.717, 1.165) is 6.08 Å². The normalized spacial score (nSPS) is 7.93. The molecule has 0 aromatic rings. The zero-order valence-corrected chi connectivity index (χ0v) is 8.62. The Morgan fingerprint density at radius 3 is 1.93 bits per heavy atom. The molecule has 0 spiro atoms. The minimum atomic E-state index is -0.359. The lowest BCUT2D eigenvalue weighted by molar-refractivity contribution is -0.141. The number of ether oxygens (including phenoxy) is 2. The number of hydrogen-bond acceptors (Lipinski definition) is 5. The summed E-state index contributed by atoms with van der Waals surface area (Å²) in [4.78, 5) is 20.1. The van der Waals surface area contributed by atoms with E-state index in [0.29, 0.717) is 13.2 Å². The van der Waals surface area contributed by atoms with Crippen molar-refractivity contribution in [1.82, 2.24) is 0 Å². The number of rotatable bonds is 4. The summed E-state index contributed by atoms with van der Waals surface area (Å²) in [6.45, 7) is 7.51. The molecular weight excluding hydrogens is 186 g/mol. The largest absolute Gasteiger partial charge is 0.465 e. The molecule has 0 aromatic carbocycles. The quantitative estimate of drug-likeness (QED) is 0.523. The van der Waals surface area contributed by atoms with Gasteiger partial charge in [0, 0.05) is 6.08 Å². The van der Waals surface area contributed by atoms with Crippen LogP contribution in [-0.2, 0) is 19.1 Å². The summed E-state index contributed by atoms with van der Waals surface area (Å²) in [6, 6.07) is 0. The molecule has 0 aliphatic heterocycles. The van der Waals surface area contributed by atoms with Crippen LogP contribution in [0, 0.1) is 0 Å². The highest BCUT2D eigenvalue weighted by molar-refractivity contribution is 5.81. The monoisotopic (exact) mass is 203 g/mol. The molecule has 0 aromatic heterocycles. The highest BCUT2D eigenvalue weighted by Crippen LogP contribution is 1.74. The lowest BCUT2D eigenvalue weighted by Gasteiger charge is -1.93. The van der Waals surface area contributed by atoms with Crippen molar-refractivity contribution >= 4 is 11.9 Å². The van der Waals surface area contributed by atoms with Gasteiger partial charge in [0.1, 0.15) is 0 Å². The minimum Gasteiger partial charge on any atom is -0.465 e. The van der Waals surface area contributed by atoms with Crippen molar-refractivity contribution in [2.45, 2.75) is 13.8 Å². The molecule has 0 bridgehead atoms. The Morgan fingerprint density at radius 1 is 1.29 bits per heavy atom. The fourth-order valence-corrected chi connectivity index (χ4v) is 0.421. The first kappa shape index (κ1) is 15.1. The fourth-order valence-electron chi connectivity index (χ4n) is 0.421. The van der Waals surface area contributed by atoms with Crippen LogP contribution in [-0.4, -0.2) is 31.7 Å². The first-order chi connectivity index (χ1) is 6.62. The Balaban J connectivity index is 0. The van der Waals surface area contributed by atoms with Gasteiger partial charge in [0.2, 0.25) is 0 Å². The smallest absolute Gasteiger partial charge is 0.330 e. The van der Waals surface area contributed by atoms with Gasteiger partial charge >= 0.3 is 11.9 Å². The molecule has 0 atom stereocenters. The third-order valence-corrected chi connectivity index (χ3v) is 0.925. The summed E-state index contributed by atoms with van der Waals surface area (Å²) in [6.07, 6.45) is 1.14. The molecule has 0 heterocycles. The lowest BCUT2D eigenvalue weighted by Crippen LogP contribution is -2.16. The molecular formula is C9H17NO4. The van der Waals surface area contributed by atoms with Gasteiger partial charge in [-0.3, -0.25) is 4.79 Å². The summed E-state index contributed by atoms with van der Waals surface area (Å²) in [5.41, 5.74) is 4.88. The van der Waals surface area contributed by atoms with Crippen molar-refractivity contribution in [3.8, 4) is 0 Å². The van der Waals surface area contributed by atoms with Crippen LogP contribution in [0.15, 0.2) is 12.7 Å². The Hall–Kier alpha value is -1.36. The highest BCUT2D eigenvalue weighted by Gasteiger charge is 1.91. The van der Waals surface area contributed by atoms with Crippen molar-refractivity contribution in [3.05, 3.63) is 12.7 Å².